The largest absolute Gasteiger partial charge is 0.458 e. The molecule has 3 N–H and O–H groups in total. The zero-order valence-electron chi connectivity index (χ0n) is 10.9. The number of para-hydroxylation sites is 1. The van der Waals surface area contributed by atoms with Gasteiger partial charge in [0.05, 0.1) is 12.1 Å². The first kappa shape index (κ1) is 12.9. The molecule has 2 aromatic heterocycles. The van der Waals surface area contributed by atoms with E-state index in [0.29, 0.717) is 22.3 Å². The summed E-state index contributed by atoms with van der Waals surface area (Å²) < 4.78 is 7.32. The number of imidazole rings is 1. The van der Waals surface area contributed by atoms with Crippen LogP contribution >= 0.6 is 0 Å². The monoisotopic (exact) mass is 281 g/mol. The average Bonchev–Trinajstić information content (AvgIpc) is 3.10. The van der Waals surface area contributed by atoms with E-state index in [1.807, 2.05) is 18.2 Å². The molecule has 0 aliphatic heterocycles. The summed E-state index contributed by atoms with van der Waals surface area (Å²) in [5.74, 6) is 5.47. The fourth-order valence-electron chi connectivity index (χ4n) is 2.23. The highest BCUT2D eigenvalue weighted by Crippen LogP contribution is 2.26. The van der Waals surface area contributed by atoms with Crippen molar-refractivity contribution in [3.63, 3.8) is 0 Å². The Bertz CT molecular complexity index is 856. The Kier molecular flexibility index (Phi) is 3.14. The first-order valence-electron chi connectivity index (χ1n) is 6.17. The molecule has 1 amide bonds. The minimum atomic E-state index is -0.437. The van der Waals surface area contributed by atoms with Gasteiger partial charge < -0.3 is 8.98 Å². The smallest absolute Gasteiger partial charge is 0.269 e. The fourth-order valence-corrected chi connectivity index (χ4v) is 2.23. The molecule has 104 valence electrons. The summed E-state index contributed by atoms with van der Waals surface area (Å²) in [6, 6.07) is 9.16. The number of nitriles is 1. The van der Waals surface area contributed by atoms with E-state index in [-0.39, 0.29) is 12.4 Å². The Labute approximate surface area is 119 Å². The quantitative estimate of drug-likeness (QED) is 0.425. The molecule has 0 aliphatic carbocycles. The molecule has 0 radical (unpaired) electrons. The first-order valence-corrected chi connectivity index (χ1v) is 6.17. The van der Waals surface area contributed by atoms with Crippen molar-refractivity contribution < 1.29 is 9.21 Å². The molecule has 0 spiro atoms. The van der Waals surface area contributed by atoms with Gasteiger partial charge in [-0.25, -0.2) is 10.8 Å². The number of amides is 1. The summed E-state index contributed by atoms with van der Waals surface area (Å²) in [5, 5.41) is 9.66. The van der Waals surface area contributed by atoms with E-state index in [1.165, 1.54) is 6.20 Å². The number of nitrogen functional groups attached to an aromatic ring is 1. The Morgan fingerprint density at radius 3 is 3.05 bits per heavy atom. The van der Waals surface area contributed by atoms with Crippen molar-refractivity contribution in [2.75, 3.05) is 0 Å². The van der Waals surface area contributed by atoms with Crippen molar-refractivity contribution >= 4 is 16.9 Å². The number of aromatic nitrogens is 2. The van der Waals surface area contributed by atoms with Crippen LogP contribution in [0.1, 0.15) is 21.9 Å². The number of nitrogens with one attached hydrogen (secondary N) is 1. The molecule has 0 atom stereocenters. The van der Waals surface area contributed by atoms with Gasteiger partial charge in [0, 0.05) is 17.8 Å². The lowest BCUT2D eigenvalue weighted by molar-refractivity contribution is 0.0953. The van der Waals surface area contributed by atoms with Crippen LogP contribution in [0.2, 0.25) is 0 Å². The van der Waals surface area contributed by atoms with Gasteiger partial charge in [0.2, 0.25) is 5.82 Å². The van der Waals surface area contributed by atoms with Crippen LogP contribution in [-0.2, 0) is 6.54 Å². The van der Waals surface area contributed by atoms with E-state index in [2.05, 4.69) is 10.4 Å². The summed E-state index contributed by atoms with van der Waals surface area (Å²) >= 11 is 0. The highest BCUT2D eigenvalue weighted by atomic mass is 16.3. The van der Waals surface area contributed by atoms with Gasteiger partial charge in [0.15, 0.2) is 0 Å². The third kappa shape index (κ3) is 2.13. The summed E-state index contributed by atoms with van der Waals surface area (Å²) in [6.45, 7) is 0.223. The van der Waals surface area contributed by atoms with Crippen molar-refractivity contribution in [3.8, 4) is 6.07 Å². The van der Waals surface area contributed by atoms with Gasteiger partial charge in [-0.2, -0.15) is 5.26 Å². The molecule has 3 rings (SSSR count). The van der Waals surface area contributed by atoms with Gasteiger partial charge in [0.25, 0.3) is 5.91 Å². The molecule has 0 bridgehead atoms. The summed E-state index contributed by atoms with van der Waals surface area (Å²) in [7, 11) is 0. The number of hydrazine groups is 1. The molecule has 0 fully saturated rings. The predicted octanol–water partition coefficient (Wildman–Crippen LogP) is 1.15. The van der Waals surface area contributed by atoms with Gasteiger partial charge in [-0.3, -0.25) is 10.2 Å². The summed E-state index contributed by atoms with van der Waals surface area (Å²) in [5.41, 5.74) is 3.07. The van der Waals surface area contributed by atoms with Crippen molar-refractivity contribution in [2.24, 2.45) is 5.84 Å². The topological polar surface area (TPSA) is 110 Å². The number of fused-ring (bicyclic) bond motifs is 1. The van der Waals surface area contributed by atoms with E-state index in [4.69, 9.17) is 15.5 Å². The van der Waals surface area contributed by atoms with Gasteiger partial charge in [-0.05, 0) is 6.07 Å². The standard InChI is InChI=1S/C14H11N5O2/c15-7-12-17-5-6-19(12)8-11-13(14(20)18-16)9-3-1-2-4-10(9)21-11/h1-6H,8,16H2,(H,18,20). The molecule has 0 saturated heterocycles. The van der Waals surface area contributed by atoms with Crippen molar-refractivity contribution in [1.82, 2.24) is 15.0 Å². The Hall–Kier alpha value is -3.11. The van der Waals surface area contributed by atoms with Gasteiger partial charge in [0.1, 0.15) is 17.4 Å². The number of benzene rings is 1. The number of furan rings is 1. The van der Waals surface area contributed by atoms with E-state index >= 15 is 0 Å². The highest BCUT2D eigenvalue weighted by molar-refractivity contribution is 6.07. The SMILES string of the molecule is N#Cc1nccn1Cc1oc2ccccc2c1C(=O)NN. The van der Waals surface area contributed by atoms with E-state index in [1.54, 1.807) is 22.9 Å². The van der Waals surface area contributed by atoms with Crippen molar-refractivity contribution in [1.29, 1.82) is 5.26 Å². The minimum Gasteiger partial charge on any atom is -0.458 e. The lowest BCUT2D eigenvalue weighted by Gasteiger charge is -2.03. The van der Waals surface area contributed by atoms with E-state index < -0.39 is 5.91 Å². The third-order valence-corrected chi connectivity index (χ3v) is 3.16. The Morgan fingerprint density at radius 2 is 2.29 bits per heavy atom. The van der Waals surface area contributed by atoms with Gasteiger partial charge in [-0.15, -0.1) is 0 Å². The maximum absolute atomic E-state index is 12.0. The van der Waals surface area contributed by atoms with Crippen molar-refractivity contribution in [3.05, 3.63) is 53.8 Å². The molecule has 3 aromatic rings. The molecule has 0 aliphatic rings. The fraction of sp³-hybridized carbons (Fsp3) is 0.0714. The molecule has 7 nitrogen and oxygen atoms in total. The van der Waals surface area contributed by atoms with Crippen LogP contribution < -0.4 is 11.3 Å². The molecule has 7 heteroatoms. The van der Waals surface area contributed by atoms with Crippen LogP contribution in [0.25, 0.3) is 11.0 Å². The lowest BCUT2D eigenvalue weighted by atomic mass is 10.1. The third-order valence-electron chi connectivity index (χ3n) is 3.16. The first-order chi connectivity index (χ1) is 10.2. The Balaban J connectivity index is 2.14. The second-order valence-electron chi connectivity index (χ2n) is 4.36. The van der Waals surface area contributed by atoms with Crippen molar-refractivity contribution in [2.45, 2.75) is 6.54 Å². The molecule has 0 unspecified atom stereocenters. The average molecular weight is 281 g/mol. The number of rotatable bonds is 3. The lowest BCUT2D eigenvalue weighted by Crippen LogP contribution is -2.30. The van der Waals surface area contributed by atoms with Crippen LogP contribution in [0.3, 0.4) is 0 Å². The minimum absolute atomic E-state index is 0.223. The number of nitrogens with two attached hydrogens (primary N) is 1. The number of carbonyl (C=O) groups is 1. The van der Waals surface area contributed by atoms with Crippen LogP contribution in [0.15, 0.2) is 41.1 Å². The highest BCUT2D eigenvalue weighted by Gasteiger charge is 2.20. The van der Waals surface area contributed by atoms with Crippen LogP contribution in [0.4, 0.5) is 0 Å². The summed E-state index contributed by atoms with van der Waals surface area (Å²) in [4.78, 5) is 15.9. The zero-order valence-corrected chi connectivity index (χ0v) is 10.9. The normalized spacial score (nSPS) is 10.5. The van der Waals surface area contributed by atoms with Crippen LogP contribution in [0, 0.1) is 11.3 Å². The maximum Gasteiger partial charge on any atom is 0.269 e. The van der Waals surface area contributed by atoms with E-state index in [0.717, 1.165) is 0 Å². The number of nitrogens with zero attached hydrogens (tertiary/aromatic N) is 3. The second-order valence-corrected chi connectivity index (χ2v) is 4.36. The number of hydrogen-bond donors (Lipinski definition) is 2. The molecule has 0 saturated carbocycles. The molecular formula is C14H11N5O2. The van der Waals surface area contributed by atoms with Crippen LogP contribution in [0.5, 0.6) is 0 Å². The zero-order chi connectivity index (χ0) is 14.8. The number of carbonyl (C=O) groups excluding carboxylic acids is 1. The Morgan fingerprint density at radius 1 is 1.48 bits per heavy atom. The second kappa shape index (κ2) is 5.11. The summed E-state index contributed by atoms with van der Waals surface area (Å²) in [6.07, 6.45) is 3.17. The molecule has 21 heavy (non-hydrogen) atoms. The van der Waals surface area contributed by atoms with E-state index in [9.17, 15) is 4.79 Å². The van der Waals surface area contributed by atoms with Gasteiger partial charge >= 0.3 is 0 Å². The molecular weight excluding hydrogens is 270 g/mol. The van der Waals surface area contributed by atoms with Crippen LogP contribution in [-0.4, -0.2) is 15.5 Å². The molecule has 2 heterocycles. The maximum atomic E-state index is 12.0. The predicted molar refractivity (Wildman–Crippen MR) is 73.9 cm³/mol. The number of hydrogen-bond acceptors (Lipinski definition) is 5. The van der Waals surface area contributed by atoms with Gasteiger partial charge in [-0.1, -0.05) is 18.2 Å². The molecule has 1 aromatic carbocycles.